The first kappa shape index (κ1) is 21.4. The Morgan fingerprint density at radius 2 is 2.03 bits per heavy atom. The van der Waals surface area contributed by atoms with Gasteiger partial charge in [0.05, 0.1) is 12.3 Å². The van der Waals surface area contributed by atoms with Gasteiger partial charge in [0.25, 0.3) is 0 Å². The van der Waals surface area contributed by atoms with Crippen LogP contribution in [0.15, 0.2) is 71.0 Å². The van der Waals surface area contributed by atoms with Gasteiger partial charge in [-0.05, 0) is 24.3 Å². The maximum atomic E-state index is 14.3. The average Bonchev–Trinajstić information content (AvgIpc) is 2.80. The van der Waals surface area contributed by atoms with Gasteiger partial charge < -0.3 is 9.47 Å². The van der Waals surface area contributed by atoms with Gasteiger partial charge in [-0.3, -0.25) is 4.79 Å². The van der Waals surface area contributed by atoms with E-state index in [0.717, 1.165) is 15.3 Å². The van der Waals surface area contributed by atoms with Crippen LogP contribution < -0.4 is 4.74 Å². The van der Waals surface area contributed by atoms with Crippen molar-refractivity contribution in [2.45, 2.75) is 15.9 Å². The Hall–Kier alpha value is -2.36. The Morgan fingerprint density at radius 1 is 1.28 bits per heavy atom. The molecule has 154 valence electrons. The number of halogens is 1. The topological polar surface area (TPSA) is 72.9 Å². The number of fused-ring (bicyclic) bond motifs is 1. The van der Waals surface area contributed by atoms with E-state index in [1.807, 2.05) is 30.3 Å². The van der Waals surface area contributed by atoms with Crippen LogP contribution in [-0.4, -0.2) is 50.2 Å². The highest BCUT2D eigenvalue weighted by molar-refractivity contribution is 8.00. The molecule has 0 unspecified atom stereocenters. The van der Waals surface area contributed by atoms with Crippen LogP contribution in [0.25, 0.3) is 0 Å². The quantitative estimate of drug-likeness (QED) is 0.377. The second-order valence-corrected chi connectivity index (χ2v) is 9.13. The fourth-order valence-corrected chi connectivity index (χ4v) is 5.12. The highest BCUT2D eigenvalue weighted by Gasteiger charge is 2.36. The number of hydrogen-bond donors (Lipinski definition) is 0. The summed E-state index contributed by atoms with van der Waals surface area (Å²) in [5.74, 6) is -1.34. The van der Waals surface area contributed by atoms with Crippen molar-refractivity contribution in [3.05, 3.63) is 67.0 Å². The molecule has 0 aromatic heterocycles. The van der Waals surface area contributed by atoms with E-state index in [2.05, 4.69) is 6.58 Å². The summed E-state index contributed by atoms with van der Waals surface area (Å²) in [6.45, 7) is 3.28. The average molecular weight is 438 g/mol. The minimum atomic E-state index is -4.11. The van der Waals surface area contributed by atoms with Crippen LogP contribution in [0.4, 0.5) is 4.39 Å². The van der Waals surface area contributed by atoms with E-state index in [1.165, 1.54) is 30.0 Å². The Bertz CT molecular complexity index is 982. The highest BCUT2D eigenvalue weighted by atomic mass is 32.2. The van der Waals surface area contributed by atoms with Gasteiger partial charge in [-0.25, -0.2) is 12.8 Å². The van der Waals surface area contributed by atoms with Crippen molar-refractivity contribution in [1.82, 2.24) is 4.31 Å². The molecule has 1 atom stereocenters. The third kappa shape index (κ3) is 5.17. The lowest BCUT2D eigenvalue weighted by Crippen LogP contribution is -2.39. The molecule has 0 saturated carbocycles. The lowest BCUT2D eigenvalue weighted by Gasteiger charge is -2.21. The molecule has 9 heteroatoms. The molecule has 29 heavy (non-hydrogen) atoms. The molecule has 3 rings (SSSR count). The van der Waals surface area contributed by atoms with Crippen molar-refractivity contribution in [2.75, 3.05) is 25.4 Å². The van der Waals surface area contributed by atoms with E-state index in [-0.39, 0.29) is 31.2 Å². The number of rotatable bonds is 7. The maximum Gasteiger partial charge on any atom is 0.316 e. The second-order valence-electron chi connectivity index (χ2n) is 6.20. The zero-order chi connectivity index (χ0) is 20.9. The Balaban J connectivity index is 1.69. The molecular formula is C20H20FNO5S2. The summed E-state index contributed by atoms with van der Waals surface area (Å²) in [5.41, 5.74) is 0. The first-order chi connectivity index (χ1) is 13.9. The van der Waals surface area contributed by atoms with Crippen LogP contribution >= 0.6 is 11.8 Å². The fraction of sp³-hybridized carbons (Fsp3) is 0.250. The summed E-state index contributed by atoms with van der Waals surface area (Å²) < 4.78 is 51.9. The van der Waals surface area contributed by atoms with Crippen LogP contribution in [0.2, 0.25) is 0 Å². The Labute approximate surface area is 173 Å². The molecule has 0 radical (unpaired) electrons. The number of ether oxygens (including phenoxy) is 2. The van der Waals surface area contributed by atoms with Gasteiger partial charge >= 0.3 is 5.97 Å². The molecule has 1 heterocycles. The number of carbonyl (C=O) groups excluding carboxylic acids is 1. The SMILES string of the molecule is C=CCN1C[C@H](COC(=O)CSc2ccccc2)Oc2cccc(F)c2S1(=O)=O. The van der Waals surface area contributed by atoms with Gasteiger partial charge in [-0.15, -0.1) is 18.3 Å². The minimum Gasteiger partial charge on any atom is -0.484 e. The molecule has 0 amide bonds. The van der Waals surface area contributed by atoms with Crippen molar-refractivity contribution in [3.8, 4) is 5.75 Å². The number of sulfonamides is 1. The van der Waals surface area contributed by atoms with E-state index in [4.69, 9.17) is 9.47 Å². The molecule has 6 nitrogen and oxygen atoms in total. The maximum absolute atomic E-state index is 14.3. The molecule has 2 aromatic rings. The van der Waals surface area contributed by atoms with E-state index in [0.29, 0.717) is 0 Å². The van der Waals surface area contributed by atoms with Crippen molar-refractivity contribution >= 4 is 27.8 Å². The van der Waals surface area contributed by atoms with Gasteiger partial charge in [0.2, 0.25) is 10.0 Å². The minimum absolute atomic E-state index is 0.0201. The first-order valence-corrected chi connectivity index (χ1v) is 11.2. The predicted octanol–water partition coefficient (Wildman–Crippen LogP) is 3.10. The van der Waals surface area contributed by atoms with Crippen LogP contribution in [0, 0.1) is 5.82 Å². The van der Waals surface area contributed by atoms with Crippen LogP contribution in [0.3, 0.4) is 0 Å². The third-order valence-electron chi connectivity index (χ3n) is 4.09. The Morgan fingerprint density at radius 3 is 2.76 bits per heavy atom. The molecule has 0 saturated heterocycles. The number of carbonyl (C=O) groups is 1. The Kier molecular flexibility index (Phi) is 6.94. The standard InChI is InChI=1S/C20H20FNO5S2/c1-2-11-22-12-15(13-26-19(23)14-28-16-7-4-3-5-8-16)27-18-10-6-9-17(21)20(18)29(22,24)25/h2-10,15H,1,11-14H2/t15-/m1/s1. The number of hydrogen-bond acceptors (Lipinski definition) is 6. The summed E-state index contributed by atoms with van der Waals surface area (Å²) in [7, 11) is -4.11. The van der Waals surface area contributed by atoms with E-state index in [9.17, 15) is 17.6 Å². The lowest BCUT2D eigenvalue weighted by atomic mass is 10.3. The molecule has 0 N–H and O–H groups in total. The van der Waals surface area contributed by atoms with Gasteiger partial charge in [0, 0.05) is 11.4 Å². The first-order valence-electron chi connectivity index (χ1n) is 8.81. The van der Waals surface area contributed by atoms with Gasteiger partial charge in [0.15, 0.2) is 4.90 Å². The smallest absolute Gasteiger partial charge is 0.316 e. The zero-order valence-corrected chi connectivity index (χ0v) is 17.1. The number of thioether (sulfide) groups is 1. The van der Waals surface area contributed by atoms with Crippen LogP contribution in [-0.2, 0) is 19.6 Å². The van der Waals surface area contributed by atoms with E-state index in [1.54, 1.807) is 0 Å². The third-order valence-corrected chi connectivity index (χ3v) is 6.97. The molecule has 1 aliphatic rings. The van der Waals surface area contributed by atoms with Crippen molar-refractivity contribution in [3.63, 3.8) is 0 Å². The molecule has 0 aliphatic carbocycles. The fourth-order valence-electron chi connectivity index (χ4n) is 2.79. The number of nitrogens with zero attached hydrogens (tertiary/aromatic N) is 1. The monoisotopic (exact) mass is 437 g/mol. The molecule has 0 spiro atoms. The van der Waals surface area contributed by atoms with E-state index < -0.39 is 32.8 Å². The summed E-state index contributed by atoms with van der Waals surface area (Å²) in [4.78, 5) is 12.5. The van der Waals surface area contributed by atoms with Crippen molar-refractivity contribution in [1.29, 1.82) is 0 Å². The van der Waals surface area contributed by atoms with Crippen LogP contribution in [0.1, 0.15) is 0 Å². The summed E-state index contributed by atoms with van der Waals surface area (Å²) in [5, 5.41) is 0. The molecular weight excluding hydrogens is 417 g/mol. The summed E-state index contributed by atoms with van der Waals surface area (Å²) >= 11 is 1.33. The predicted molar refractivity (Wildman–Crippen MR) is 108 cm³/mol. The number of benzene rings is 2. The van der Waals surface area contributed by atoms with E-state index >= 15 is 0 Å². The van der Waals surface area contributed by atoms with Gasteiger partial charge in [-0.1, -0.05) is 30.3 Å². The number of esters is 1. The lowest BCUT2D eigenvalue weighted by molar-refractivity contribution is -0.142. The highest BCUT2D eigenvalue weighted by Crippen LogP contribution is 2.33. The molecule has 0 fully saturated rings. The largest absolute Gasteiger partial charge is 0.484 e. The van der Waals surface area contributed by atoms with Crippen LogP contribution in [0.5, 0.6) is 5.75 Å². The summed E-state index contributed by atoms with van der Waals surface area (Å²) in [6.07, 6.45) is 0.626. The molecule has 1 aliphatic heterocycles. The summed E-state index contributed by atoms with van der Waals surface area (Å²) in [6, 6.07) is 13.2. The molecule has 2 aromatic carbocycles. The normalized spacial score (nSPS) is 18.2. The molecule has 0 bridgehead atoms. The van der Waals surface area contributed by atoms with Gasteiger partial charge in [-0.2, -0.15) is 4.31 Å². The van der Waals surface area contributed by atoms with Gasteiger partial charge in [0.1, 0.15) is 24.3 Å². The van der Waals surface area contributed by atoms with Crippen molar-refractivity contribution < 1.29 is 27.1 Å². The van der Waals surface area contributed by atoms with Crippen molar-refractivity contribution in [2.24, 2.45) is 0 Å². The zero-order valence-electron chi connectivity index (χ0n) is 15.5. The second kappa shape index (κ2) is 9.43.